The third kappa shape index (κ3) is 3.84. The first-order chi connectivity index (χ1) is 14.6. The second-order valence-electron chi connectivity index (χ2n) is 7.82. The predicted octanol–water partition coefficient (Wildman–Crippen LogP) is 3.79. The van der Waals surface area contributed by atoms with Crippen molar-refractivity contribution in [1.82, 2.24) is 4.90 Å². The Labute approximate surface area is 175 Å². The zero-order valence-electron chi connectivity index (χ0n) is 17.1. The maximum atomic E-state index is 13.4. The van der Waals surface area contributed by atoms with E-state index in [1.165, 1.54) is 11.2 Å². The molecule has 2 aliphatic rings. The minimum atomic E-state index is -0.819. The van der Waals surface area contributed by atoms with Crippen molar-refractivity contribution in [2.24, 2.45) is 0 Å². The molecule has 7 heteroatoms. The Hall–Kier alpha value is -3.09. The van der Waals surface area contributed by atoms with Crippen LogP contribution in [0.3, 0.4) is 0 Å². The fraction of sp³-hybridized carbons (Fsp3) is 0.435. The molecule has 0 spiro atoms. The molecule has 1 aliphatic carbocycles. The van der Waals surface area contributed by atoms with Crippen molar-refractivity contribution in [3.05, 3.63) is 48.4 Å². The van der Waals surface area contributed by atoms with Crippen LogP contribution in [0.5, 0.6) is 5.75 Å². The zero-order valence-corrected chi connectivity index (χ0v) is 17.1. The van der Waals surface area contributed by atoms with E-state index in [0.29, 0.717) is 11.4 Å². The second kappa shape index (κ2) is 8.73. The number of imide groups is 1. The largest absolute Gasteiger partial charge is 0.497 e. The van der Waals surface area contributed by atoms with Gasteiger partial charge in [0.15, 0.2) is 5.76 Å². The summed E-state index contributed by atoms with van der Waals surface area (Å²) in [6, 6.07) is 9.14. The average Bonchev–Trinajstić information content (AvgIpc) is 3.30. The Morgan fingerprint density at radius 3 is 2.37 bits per heavy atom. The SMILES string of the molecule is COc1ccc(N2C(=O)CC(N(C(=O)c3ccco3)C3CCCCCC3)C2=O)cc1. The number of nitrogens with zero attached hydrogens (tertiary/aromatic N) is 2. The van der Waals surface area contributed by atoms with Crippen LogP contribution in [-0.2, 0) is 9.59 Å². The summed E-state index contributed by atoms with van der Waals surface area (Å²) in [6.07, 6.45) is 7.33. The molecule has 2 fully saturated rings. The van der Waals surface area contributed by atoms with Crippen LogP contribution in [0, 0.1) is 0 Å². The number of hydrogen-bond acceptors (Lipinski definition) is 5. The van der Waals surface area contributed by atoms with Crippen LogP contribution in [0.2, 0.25) is 0 Å². The zero-order chi connectivity index (χ0) is 21.1. The van der Waals surface area contributed by atoms with Crippen LogP contribution in [0.15, 0.2) is 47.1 Å². The van der Waals surface area contributed by atoms with Crippen LogP contribution in [0.1, 0.15) is 55.5 Å². The Bertz CT molecular complexity index is 898. The number of carbonyl (C=O) groups is 3. The number of carbonyl (C=O) groups excluding carboxylic acids is 3. The minimum absolute atomic E-state index is 0.0200. The van der Waals surface area contributed by atoms with Gasteiger partial charge in [0, 0.05) is 6.04 Å². The molecule has 1 aromatic carbocycles. The number of rotatable bonds is 5. The lowest BCUT2D eigenvalue weighted by molar-refractivity contribution is -0.123. The minimum Gasteiger partial charge on any atom is -0.497 e. The van der Waals surface area contributed by atoms with Crippen molar-refractivity contribution in [2.75, 3.05) is 12.0 Å². The lowest BCUT2D eigenvalue weighted by Crippen LogP contribution is -2.50. The van der Waals surface area contributed by atoms with Crippen LogP contribution in [0.25, 0.3) is 0 Å². The first kappa shape index (κ1) is 20.2. The van der Waals surface area contributed by atoms with E-state index in [2.05, 4.69) is 0 Å². The average molecular weight is 410 g/mol. The maximum Gasteiger partial charge on any atom is 0.290 e. The van der Waals surface area contributed by atoms with Gasteiger partial charge in [-0.05, 0) is 49.2 Å². The van der Waals surface area contributed by atoms with Gasteiger partial charge in [-0.3, -0.25) is 14.4 Å². The molecular weight excluding hydrogens is 384 g/mol. The van der Waals surface area contributed by atoms with E-state index in [0.717, 1.165) is 38.5 Å². The lowest BCUT2D eigenvalue weighted by Gasteiger charge is -2.34. The molecule has 158 valence electrons. The number of ether oxygens (including phenoxy) is 1. The molecule has 2 aromatic rings. The van der Waals surface area contributed by atoms with E-state index in [9.17, 15) is 14.4 Å². The summed E-state index contributed by atoms with van der Waals surface area (Å²) in [4.78, 5) is 42.3. The normalized spacial score (nSPS) is 20.3. The van der Waals surface area contributed by atoms with Gasteiger partial charge in [-0.2, -0.15) is 0 Å². The number of hydrogen-bond donors (Lipinski definition) is 0. The predicted molar refractivity (Wildman–Crippen MR) is 110 cm³/mol. The molecule has 3 amide bonds. The van der Waals surface area contributed by atoms with Crippen molar-refractivity contribution in [2.45, 2.75) is 57.0 Å². The maximum absolute atomic E-state index is 13.4. The first-order valence-corrected chi connectivity index (χ1v) is 10.5. The summed E-state index contributed by atoms with van der Waals surface area (Å²) in [7, 11) is 1.56. The summed E-state index contributed by atoms with van der Waals surface area (Å²) in [5.41, 5.74) is 0.486. The van der Waals surface area contributed by atoms with E-state index in [4.69, 9.17) is 9.15 Å². The van der Waals surface area contributed by atoms with Crippen LogP contribution >= 0.6 is 0 Å². The Balaban J connectivity index is 1.65. The molecule has 1 saturated heterocycles. The lowest BCUT2D eigenvalue weighted by atomic mass is 10.0. The molecular formula is C23H26N2O5. The molecule has 1 aliphatic heterocycles. The third-order valence-electron chi connectivity index (χ3n) is 5.97. The summed E-state index contributed by atoms with van der Waals surface area (Å²) in [5.74, 6) is -0.158. The van der Waals surface area contributed by atoms with Gasteiger partial charge in [-0.1, -0.05) is 25.7 Å². The monoisotopic (exact) mass is 410 g/mol. The van der Waals surface area contributed by atoms with E-state index in [1.807, 2.05) is 0 Å². The van der Waals surface area contributed by atoms with Crippen LogP contribution in [-0.4, -0.2) is 41.8 Å². The summed E-state index contributed by atoms with van der Waals surface area (Å²) < 4.78 is 10.5. The fourth-order valence-corrected chi connectivity index (χ4v) is 4.46. The highest BCUT2D eigenvalue weighted by molar-refractivity contribution is 6.23. The molecule has 0 N–H and O–H groups in total. The van der Waals surface area contributed by atoms with Gasteiger partial charge in [-0.25, -0.2) is 4.90 Å². The van der Waals surface area contributed by atoms with Crippen molar-refractivity contribution in [1.29, 1.82) is 0 Å². The molecule has 1 aromatic heterocycles. The highest BCUT2D eigenvalue weighted by Gasteiger charge is 2.47. The van der Waals surface area contributed by atoms with Crippen molar-refractivity contribution >= 4 is 23.4 Å². The summed E-state index contributed by atoms with van der Waals surface area (Å²) in [6.45, 7) is 0. The Morgan fingerprint density at radius 1 is 1.07 bits per heavy atom. The van der Waals surface area contributed by atoms with Gasteiger partial charge in [0.25, 0.3) is 11.8 Å². The van der Waals surface area contributed by atoms with Gasteiger partial charge in [0.2, 0.25) is 5.91 Å². The molecule has 4 rings (SSSR count). The molecule has 1 unspecified atom stereocenters. The van der Waals surface area contributed by atoms with E-state index < -0.39 is 6.04 Å². The van der Waals surface area contributed by atoms with Gasteiger partial charge in [-0.15, -0.1) is 0 Å². The third-order valence-corrected chi connectivity index (χ3v) is 5.97. The fourth-order valence-electron chi connectivity index (χ4n) is 4.46. The quantitative estimate of drug-likeness (QED) is 0.554. The first-order valence-electron chi connectivity index (χ1n) is 10.5. The summed E-state index contributed by atoms with van der Waals surface area (Å²) >= 11 is 0. The van der Waals surface area contributed by atoms with E-state index in [-0.39, 0.29) is 35.9 Å². The van der Waals surface area contributed by atoms with E-state index >= 15 is 0 Å². The molecule has 2 heterocycles. The second-order valence-corrected chi connectivity index (χ2v) is 7.82. The van der Waals surface area contributed by atoms with Crippen molar-refractivity contribution in [3.8, 4) is 5.75 Å². The van der Waals surface area contributed by atoms with Gasteiger partial charge in [0.1, 0.15) is 11.8 Å². The Morgan fingerprint density at radius 2 is 1.77 bits per heavy atom. The van der Waals surface area contributed by atoms with Crippen molar-refractivity contribution < 1.29 is 23.5 Å². The molecule has 1 atom stereocenters. The van der Waals surface area contributed by atoms with Crippen LogP contribution < -0.4 is 9.64 Å². The Kier molecular flexibility index (Phi) is 5.88. The number of furan rings is 1. The van der Waals surface area contributed by atoms with Crippen molar-refractivity contribution in [3.63, 3.8) is 0 Å². The molecule has 0 bridgehead atoms. The molecule has 7 nitrogen and oxygen atoms in total. The number of amides is 3. The topological polar surface area (TPSA) is 80.1 Å². The van der Waals surface area contributed by atoms with Gasteiger partial charge < -0.3 is 14.1 Å². The summed E-state index contributed by atoms with van der Waals surface area (Å²) in [5, 5.41) is 0. The van der Waals surface area contributed by atoms with Gasteiger partial charge >= 0.3 is 0 Å². The number of anilines is 1. The highest BCUT2D eigenvalue weighted by Crippen LogP contribution is 2.32. The van der Waals surface area contributed by atoms with Gasteiger partial charge in [0.05, 0.1) is 25.5 Å². The number of methoxy groups -OCH3 is 1. The smallest absolute Gasteiger partial charge is 0.290 e. The highest BCUT2D eigenvalue weighted by atomic mass is 16.5. The van der Waals surface area contributed by atoms with Crippen LogP contribution in [0.4, 0.5) is 5.69 Å². The standard InChI is InChI=1S/C23H26N2O5/c1-29-18-12-10-17(11-13-18)25-21(26)15-19(22(25)27)24(16-7-4-2-3-5-8-16)23(28)20-9-6-14-30-20/h6,9-14,16,19H,2-5,7-8,15H2,1H3. The van der Waals surface area contributed by atoms with E-state index in [1.54, 1.807) is 48.4 Å². The molecule has 1 saturated carbocycles. The number of benzene rings is 1. The molecule has 30 heavy (non-hydrogen) atoms. The molecule has 0 radical (unpaired) electrons.